The van der Waals surface area contributed by atoms with Crippen LogP contribution in [0.2, 0.25) is 0 Å². The molecule has 0 bridgehead atoms. The molecule has 0 saturated heterocycles. The smallest absolute Gasteiger partial charge is 0.174 e. The minimum absolute atomic E-state index is 0.0229. The number of fused-ring (bicyclic) bond motifs is 2. The average Bonchev–Trinajstić information content (AvgIpc) is 3.41. The minimum atomic E-state index is -0.920. The summed E-state index contributed by atoms with van der Waals surface area (Å²) in [7, 11) is 0. The van der Waals surface area contributed by atoms with E-state index in [1.165, 1.54) is 48.5 Å². The van der Waals surface area contributed by atoms with Crippen LogP contribution in [0.25, 0.3) is 0 Å². The van der Waals surface area contributed by atoms with Crippen LogP contribution in [0.15, 0.2) is 84.5 Å². The van der Waals surface area contributed by atoms with Gasteiger partial charge in [0.2, 0.25) is 0 Å². The van der Waals surface area contributed by atoms with Gasteiger partial charge in [0.25, 0.3) is 0 Å². The summed E-state index contributed by atoms with van der Waals surface area (Å²) in [5.74, 6) is -1.96. The zero-order valence-corrected chi connectivity index (χ0v) is 26.9. The van der Waals surface area contributed by atoms with Crippen molar-refractivity contribution in [2.75, 3.05) is 0 Å². The molecule has 9 nitrogen and oxygen atoms in total. The van der Waals surface area contributed by atoms with E-state index >= 15 is 0 Å². The predicted molar refractivity (Wildman–Crippen MR) is 179 cm³/mol. The van der Waals surface area contributed by atoms with E-state index in [-0.39, 0.29) is 58.1 Å². The van der Waals surface area contributed by atoms with E-state index in [4.69, 9.17) is 9.47 Å². The van der Waals surface area contributed by atoms with E-state index in [2.05, 4.69) is 12.7 Å². The highest BCUT2D eigenvalue weighted by Crippen LogP contribution is 2.60. The van der Waals surface area contributed by atoms with Crippen molar-refractivity contribution in [3.63, 3.8) is 0 Å². The number of ketones is 1. The Bertz CT molecular complexity index is 1930. The Morgan fingerprint density at radius 2 is 1.50 bits per heavy atom. The molecule has 6 N–H and O–H groups in total. The number of aromatic hydroxyl groups is 6. The number of ether oxygens (including phenoxy) is 2. The van der Waals surface area contributed by atoms with E-state index in [1.807, 2.05) is 20.8 Å². The van der Waals surface area contributed by atoms with Crippen LogP contribution in [-0.4, -0.2) is 36.4 Å². The van der Waals surface area contributed by atoms with Crippen molar-refractivity contribution in [1.82, 2.24) is 0 Å². The molecule has 2 aliphatic rings. The first-order valence-corrected chi connectivity index (χ1v) is 15.7. The fraction of sp³-hybridized carbons (Fsp3) is 0.256. The normalized spacial score (nSPS) is 18.6. The molecular weight excluding hydrogens is 612 g/mol. The summed E-state index contributed by atoms with van der Waals surface area (Å²) in [5, 5.41) is 63.6. The van der Waals surface area contributed by atoms with Crippen molar-refractivity contribution in [2.45, 2.75) is 58.2 Å². The fourth-order valence-corrected chi connectivity index (χ4v) is 6.69. The lowest BCUT2D eigenvalue weighted by Gasteiger charge is -2.31. The SMILES string of the molecule is C=C(C)C(CC=C(C)C)Cc1c2c(c(O)c3c1O[C@H](c1ccc(O)cc1)[C@H]3c1cc(O)cc(O)c1)C(=O)C[C@@H](c1ccc(O)cc1O)O2. The second-order valence-electron chi connectivity index (χ2n) is 12.9. The predicted octanol–water partition coefficient (Wildman–Crippen LogP) is 7.98. The first-order valence-electron chi connectivity index (χ1n) is 15.7. The first kappa shape index (κ1) is 32.4. The second-order valence-corrected chi connectivity index (χ2v) is 12.9. The number of carbonyl (C=O) groups is 1. The van der Waals surface area contributed by atoms with Crippen LogP contribution < -0.4 is 9.47 Å². The van der Waals surface area contributed by atoms with Gasteiger partial charge < -0.3 is 40.1 Å². The van der Waals surface area contributed by atoms with Crippen LogP contribution >= 0.6 is 0 Å². The van der Waals surface area contributed by atoms with Crippen LogP contribution in [0.1, 0.15) is 89.9 Å². The summed E-state index contributed by atoms with van der Waals surface area (Å²) in [6.07, 6.45) is 1.15. The van der Waals surface area contributed by atoms with Crippen LogP contribution in [0.3, 0.4) is 0 Å². The van der Waals surface area contributed by atoms with Crippen molar-refractivity contribution in [3.05, 3.63) is 118 Å². The molecule has 2 aliphatic heterocycles. The van der Waals surface area contributed by atoms with E-state index < -0.39 is 23.9 Å². The Kier molecular flexibility index (Phi) is 8.47. The van der Waals surface area contributed by atoms with Gasteiger partial charge in [0.05, 0.1) is 12.3 Å². The van der Waals surface area contributed by atoms with Gasteiger partial charge in [-0.3, -0.25) is 4.79 Å². The van der Waals surface area contributed by atoms with Crippen LogP contribution in [-0.2, 0) is 6.42 Å². The Morgan fingerprint density at radius 3 is 2.12 bits per heavy atom. The Labute approximate surface area is 278 Å². The van der Waals surface area contributed by atoms with Gasteiger partial charge in [-0.25, -0.2) is 0 Å². The standard InChI is InChI=1S/C39H38O9/c1-19(2)5-6-22(20(3)4)15-29-38-34(31(45)18-32(47-38)28-12-11-25(41)17-30(28)44)36(46)35-33(23-13-26(42)16-27(43)14-23)37(48-39(29)35)21-7-9-24(40)10-8-21/h5,7-14,16-17,22,32-33,37,40-44,46H,3,6,15,18H2,1-2,4H3/t22?,32-,33-,37+/m0/s1. The number of rotatable bonds is 8. The average molecular weight is 651 g/mol. The number of benzene rings is 4. The lowest BCUT2D eigenvalue weighted by molar-refractivity contribution is 0.0838. The van der Waals surface area contributed by atoms with Gasteiger partial charge in [-0.2, -0.15) is 0 Å². The summed E-state index contributed by atoms with van der Waals surface area (Å²) in [6.45, 7) is 10.2. The molecule has 4 aromatic rings. The molecule has 2 heterocycles. The molecule has 6 rings (SSSR count). The summed E-state index contributed by atoms with van der Waals surface area (Å²) in [6, 6.07) is 14.6. The van der Waals surface area contributed by atoms with Crippen molar-refractivity contribution >= 4 is 5.78 Å². The van der Waals surface area contributed by atoms with Crippen molar-refractivity contribution < 1.29 is 44.9 Å². The third-order valence-corrected chi connectivity index (χ3v) is 9.10. The number of Topliss-reactive ketones (excluding diaryl/α,β-unsaturated/α-hetero) is 1. The molecule has 0 aromatic heterocycles. The topological polar surface area (TPSA) is 157 Å². The minimum Gasteiger partial charge on any atom is -0.508 e. The summed E-state index contributed by atoms with van der Waals surface area (Å²) >= 11 is 0. The van der Waals surface area contributed by atoms with Crippen LogP contribution in [0.5, 0.6) is 46.0 Å². The first-order chi connectivity index (χ1) is 22.8. The molecule has 0 aliphatic carbocycles. The van der Waals surface area contributed by atoms with Gasteiger partial charge in [0, 0.05) is 28.8 Å². The quantitative estimate of drug-likeness (QED) is 0.104. The molecule has 248 valence electrons. The zero-order valence-electron chi connectivity index (χ0n) is 26.9. The third-order valence-electron chi connectivity index (χ3n) is 9.10. The van der Waals surface area contributed by atoms with E-state index in [1.54, 1.807) is 12.1 Å². The molecule has 48 heavy (non-hydrogen) atoms. The number of phenolic OH excluding ortho intramolecular Hbond substituents is 6. The Morgan fingerprint density at radius 1 is 0.833 bits per heavy atom. The summed E-state index contributed by atoms with van der Waals surface area (Å²) < 4.78 is 13.3. The number of carbonyl (C=O) groups excluding carboxylic acids is 1. The number of phenols is 6. The Hall–Kier alpha value is -5.57. The second kappa shape index (κ2) is 12.6. The zero-order chi connectivity index (χ0) is 34.4. The third kappa shape index (κ3) is 5.99. The monoisotopic (exact) mass is 650 g/mol. The largest absolute Gasteiger partial charge is 0.508 e. The molecule has 0 fully saturated rings. The lowest BCUT2D eigenvalue weighted by Crippen LogP contribution is -2.23. The van der Waals surface area contributed by atoms with E-state index in [0.717, 1.165) is 11.1 Å². The highest BCUT2D eigenvalue weighted by atomic mass is 16.5. The van der Waals surface area contributed by atoms with Gasteiger partial charge in [-0.05, 0) is 87.1 Å². The maximum absolute atomic E-state index is 14.0. The molecule has 0 amide bonds. The molecule has 4 aromatic carbocycles. The highest BCUT2D eigenvalue weighted by molar-refractivity contribution is 6.04. The molecule has 4 atom stereocenters. The lowest BCUT2D eigenvalue weighted by atomic mass is 9.80. The van der Waals surface area contributed by atoms with Gasteiger partial charge in [0.15, 0.2) is 5.78 Å². The fourth-order valence-electron chi connectivity index (χ4n) is 6.69. The molecule has 0 spiro atoms. The molecule has 1 unspecified atom stereocenters. The van der Waals surface area contributed by atoms with Gasteiger partial charge in [-0.15, -0.1) is 0 Å². The molecule has 0 saturated carbocycles. The highest BCUT2D eigenvalue weighted by Gasteiger charge is 2.46. The maximum Gasteiger partial charge on any atom is 0.174 e. The maximum atomic E-state index is 14.0. The molecule has 9 heteroatoms. The van der Waals surface area contributed by atoms with Gasteiger partial charge in [-0.1, -0.05) is 35.9 Å². The number of hydrogen-bond acceptors (Lipinski definition) is 9. The van der Waals surface area contributed by atoms with Gasteiger partial charge in [0.1, 0.15) is 63.8 Å². The van der Waals surface area contributed by atoms with Crippen LogP contribution in [0, 0.1) is 5.92 Å². The van der Waals surface area contributed by atoms with Gasteiger partial charge >= 0.3 is 0 Å². The van der Waals surface area contributed by atoms with Crippen LogP contribution in [0.4, 0.5) is 0 Å². The van der Waals surface area contributed by atoms with E-state index in [9.17, 15) is 35.4 Å². The Balaban J connectivity index is 1.61. The number of hydrogen-bond donors (Lipinski definition) is 6. The summed E-state index contributed by atoms with van der Waals surface area (Å²) in [4.78, 5) is 14.0. The van der Waals surface area contributed by atoms with E-state index in [0.29, 0.717) is 46.4 Å². The molecular formula is C39H38O9. The van der Waals surface area contributed by atoms with Crippen molar-refractivity contribution in [3.8, 4) is 46.0 Å². The number of allylic oxidation sites excluding steroid dienone is 3. The molecule has 0 radical (unpaired) electrons. The van der Waals surface area contributed by atoms with Crippen molar-refractivity contribution in [2.24, 2.45) is 5.92 Å². The van der Waals surface area contributed by atoms with Crippen molar-refractivity contribution in [1.29, 1.82) is 0 Å². The summed E-state index contributed by atoms with van der Waals surface area (Å²) in [5.41, 5.74) is 4.20.